The lowest BCUT2D eigenvalue weighted by Gasteiger charge is -2.25. The molecule has 0 bridgehead atoms. The van der Waals surface area contributed by atoms with Gasteiger partial charge in [0.05, 0.1) is 23.4 Å². The predicted octanol–water partition coefficient (Wildman–Crippen LogP) is 3.46. The minimum atomic E-state index is -0.226. The average Bonchev–Trinajstić information content (AvgIpc) is 3.02. The molecule has 1 amide bonds. The number of ether oxygens (including phenoxy) is 2. The van der Waals surface area contributed by atoms with E-state index in [1.807, 2.05) is 18.2 Å². The van der Waals surface area contributed by atoms with E-state index < -0.39 is 0 Å². The van der Waals surface area contributed by atoms with E-state index in [2.05, 4.69) is 24.1 Å². The third-order valence-electron chi connectivity index (χ3n) is 3.91. The highest BCUT2D eigenvalue weighted by Crippen LogP contribution is 2.36. The smallest absolute Gasteiger partial charge is 0.232 e. The zero-order valence-electron chi connectivity index (χ0n) is 13.5. The number of nitrogens with one attached hydrogen (secondary N) is 1. The third-order valence-corrected chi connectivity index (χ3v) is 5.04. The Morgan fingerprint density at radius 1 is 1.48 bits per heavy atom. The van der Waals surface area contributed by atoms with Gasteiger partial charge in [-0.1, -0.05) is 26.0 Å². The number of hydrogen-bond donors (Lipinski definition) is 1. The maximum Gasteiger partial charge on any atom is 0.232 e. The van der Waals surface area contributed by atoms with Gasteiger partial charge >= 0.3 is 0 Å². The van der Waals surface area contributed by atoms with Gasteiger partial charge in [-0.05, 0) is 24.0 Å². The van der Waals surface area contributed by atoms with Gasteiger partial charge in [-0.3, -0.25) is 4.79 Å². The first-order valence-corrected chi connectivity index (χ1v) is 8.51. The molecule has 1 atom stereocenters. The lowest BCUT2D eigenvalue weighted by atomic mass is 9.95. The number of carbonyl (C=O) groups excluding carboxylic acids is 1. The third kappa shape index (κ3) is 3.17. The molecule has 0 saturated heterocycles. The molecule has 1 aliphatic rings. The van der Waals surface area contributed by atoms with E-state index in [-0.39, 0.29) is 11.8 Å². The summed E-state index contributed by atoms with van der Waals surface area (Å²) in [5.41, 5.74) is 2.76. The van der Waals surface area contributed by atoms with Crippen LogP contribution in [0.15, 0.2) is 23.7 Å². The molecule has 1 aliphatic heterocycles. The van der Waals surface area contributed by atoms with Gasteiger partial charge in [0, 0.05) is 0 Å². The van der Waals surface area contributed by atoms with Crippen LogP contribution in [0, 0.1) is 5.92 Å². The Kier molecular flexibility index (Phi) is 4.52. The van der Waals surface area contributed by atoms with Crippen LogP contribution in [0.4, 0.5) is 5.82 Å². The first-order valence-electron chi connectivity index (χ1n) is 7.63. The lowest BCUT2D eigenvalue weighted by Crippen LogP contribution is -2.33. The van der Waals surface area contributed by atoms with Crippen LogP contribution in [0.2, 0.25) is 0 Å². The van der Waals surface area contributed by atoms with Crippen molar-refractivity contribution >= 4 is 23.1 Å². The highest BCUT2D eigenvalue weighted by Gasteiger charge is 2.28. The van der Waals surface area contributed by atoms with Crippen LogP contribution in [-0.2, 0) is 11.2 Å². The first-order chi connectivity index (χ1) is 11.1. The van der Waals surface area contributed by atoms with E-state index in [0.717, 1.165) is 16.2 Å². The van der Waals surface area contributed by atoms with Crippen molar-refractivity contribution in [2.45, 2.75) is 26.2 Å². The molecular weight excluding hydrogens is 312 g/mol. The number of nitrogens with zero attached hydrogens (tertiary/aromatic N) is 1. The van der Waals surface area contributed by atoms with E-state index in [1.54, 1.807) is 24.0 Å². The second-order valence-corrected chi connectivity index (χ2v) is 6.76. The largest absolute Gasteiger partial charge is 0.493 e. The normalized spacial score (nSPS) is 16.6. The van der Waals surface area contributed by atoms with Gasteiger partial charge in [-0.15, -0.1) is 11.3 Å². The molecule has 6 heteroatoms. The number of methoxy groups -OCH3 is 1. The SMILES string of the molecule is COc1cccc2c1OCC(C(=O)Nc1ncsc1C(C)C)C2. The van der Waals surface area contributed by atoms with Gasteiger partial charge in [0.15, 0.2) is 11.5 Å². The van der Waals surface area contributed by atoms with Gasteiger partial charge in [-0.25, -0.2) is 4.98 Å². The van der Waals surface area contributed by atoms with Gasteiger partial charge in [0.2, 0.25) is 5.91 Å². The topological polar surface area (TPSA) is 60.5 Å². The van der Waals surface area contributed by atoms with E-state index >= 15 is 0 Å². The Morgan fingerprint density at radius 3 is 3.04 bits per heavy atom. The van der Waals surface area contributed by atoms with Crippen molar-refractivity contribution in [2.75, 3.05) is 19.0 Å². The highest BCUT2D eigenvalue weighted by atomic mass is 32.1. The fraction of sp³-hybridized carbons (Fsp3) is 0.412. The quantitative estimate of drug-likeness (QED) is 0.931. The molecule has 2 aromatic rings. The molecule has 23 heavy (non-hydrogen) atoms. The standard InChI is InChI=1S/C17H20N2O3S/c1-10(2)15-16(18-9-23-15)19-17(20)12-7-11-5-4-6-13(21-3)14(11)22-8-12/h4-6,9-10,12H,7-8H2,1-3H3,(H,19,20). The van der Waals surface area contributed by atoms with Crippen molar-refractivity contribution in [1.82, 2.24) is 4.98 Å². The zero-order chi connectivity index (χ0) is 16.4. The number of aromatic nitrogens is 1. The number of hydrogen-bond acceptors (Lipinski definition) is 5. The minimum Gasteiger partial charge on any atom is -0.493 e. The van der Waals surface area contributed by atoms with Gasteiger partial charge < -0.3 is 14.8 Å². The number of fused-ring (bicyclic) bond motifs is 1. The molecule has 0 fully saturated rings. The van der Waals surface area contributed by atoms with Crippen molar-refractivity contribution in [3.63, 3.8) is 0 Å². The van der Waals surface area contributed by atoms with E-state index in [0.29, 0.717) is 30.5 Å². The van der Waals surface area contributed by atoms with Crippen molar-refractivity contribution < 1.29 is 14.3 Å². The van der Waals surface area contributed by atoms with Crippen LogP contribution in [0.1, 0.15) is 30.2 Å². The first kappa shape index (κ1) is 15.8. The number of anilines is 1. The Morgan fingerprint density at radius 2 is 2.30 bits per heavy atom. The monoisotopic (exact) mass is 332 g/mol. The average molecular weight is 332 g/mol. The summed E-state index contributed by atoms with van der Waals surface area (Å²) in [6, 6.07) is 5.75. The zero-order valence-corrected chi connectivity index (χ0v) is 14.3. The molecular formula is C17H20N2O3S. The molecule has 0 radical (unpaired) electrons. The number of rotatable bonds is 4. The summed E-state index contributed by atoms with van der Waals surface area (Å²) in [6.07, 6.45) is 0.638. The highest BCUT2D eigenvalue weighted by molar-refractivity contribution is 7.10. The van der Waals surface area contributed by atoms with Crippen LogP contribution in [-0.4, -0.2) is 24.6 Å². The predicted molar refractivity (Wildman–Crippen MR) is 90.5 cm³/mol. The molecule has 1 aromatic heterocycles. The van der Waals surface area contributed by atoms with Crippen LogP contribution in [0.25, 0.3) is 0 Å². The Balaban J connectivity index is 1.73. The van der Waals surface area contributed by atoms with Crippen LogP contribution in [0.3, 0.4) is 0 Å². The molecule has 1 N–H and O–H groups in total. The number of benzene rings is 1. The van der Waals surface area contributed by atoms with Crippen molar-refractivity contribution in [3.05, 3.63) is 34.2 Å². The number of thiazole rings is 1. The maximum atomic E-state index is 12.5. The Bertz CT molecular complexity index is 712. The summed E-state index contributed by atoms with van der Waals surface area (Å²) in [5.74, 6) is 2.19. The molecule has 122 valence electrons. The maximum absolute atomic E-state index is 12.5. The molecule has 5 nitrogen and oxygen atoms in total. The molecule has 1 unspecified atom stereocenters. The van der Waals surface area contributed by atoms with E-state index in [9.17, 15) is 4.79 Å². The summed E-state index contributed by atoms with van der Waals surface area (Å²) in [7, 11) is 1.62. The number of carbonyl (C=O) groups is 1. The number of para-hydroxylation sites is 1. The van der Waals surface area contributed by atoms with Crippen molar-refractivity contribution in [2.24, 2.45) is 5.92 Å². The summed E-state index contributed by atoms with van der Waals surface area (Å²) in [4.78, 5) is 17.9. The molecule has 3 rings (SSSR count). The summed E-state index contributed by atoms with van der Waals surface area (Å²) < 4.78 is 11.1. The molecule has 1 aromatic carbocycles. The minimum absolute atomic E-state index is 0.0498. The molecule has 0 saturated carbocycles. The molecule has 0 spiro atoms. The Hall–Kier alpha value is -2.08. The van der Waals surface area contributed by atoms with Crippen molar-refractivity contribution in [1.29, 1.82) is 0 Å². The second kappa shape index (κ2) is 6.58. The van der Waals surface area contributed by atoms with Crippen molar-refractivity contribution in [3.8, 4) is 11.5 Å². The van der Waals surface area contributed by atoms with Gasteiger partial charge in [0.1, 0.15) is 12.4 Å². The van der Waals surface area contributed by atoms with Crippen LogP contribution >= 0.6 is 11.3 Å². The van der Waals surface area contributed by atoms with Crippen LogP contribution in [0.5, 0.6) is 11.5 Å². The van der Waals surface area contributed by atoms with Gasteiger partial charge in [-0.2, -0.15) is 0 Å². The number of amides is 1. The second-order valence-electron chi connectivity index (χ2n) is 5.87. The van der Waals surface area contributed by atoms with Crippen LogP contribution < -0.4 is 14.8 Å². The lowest BCUT2D eigenvalue weighted by molar-refractivity contribution is -0.121. The summed E-state index contributed by atoms with van der Waals surface area (Å²) in [6.45, 7) is 4.53. The summed E-state index contributed by atoms with van der Waals surface area (Å²) in [5, 5.41) is 2.95. The van der Waals surface area contributed by atoms with Gasteiger partial charge in [0.25, 0.3) is 0 Å². The fourth-order valence-electron chi connectivity index (χ4n) is 2.70. The molecule has 0 aliphatic carbocycles. The van der Waals surface area contributed by atoms with E-state index in [4.69, 9.17) is 9.47 Å². The van der Waals surface area contributed by atoms with E-state index in [1.165, 1.54) is 0 Å². The molecule has 2 heterocycles. The summed E-state index contributed by atoms with van der Waals surface area (Å²) >= 11 is 1.57. The Labute approximate surface area is 139 Å². The fourth-order valence-corrected chi connectivity index (χ4v) is 3.46.